The van der Waals surface area contributed by atoms with E-state index in [1.807, 2.05) is 54.3 Å². The number of aromatic amines is 1. The van der Waals surface area contributed by atoms with Crippen molar-refractivity contribution < 1.29 is 14.6 Å². The van der Waals surface area contributed by atoms with Gasteiger partial charge in [-0.1, -0.05) is 60.2 Å². The van der Waals surface area contributed by atoms with Gasteiger partial charge in [0.1, 0.15) is 6.61 Å². The third-order valence-corrected chi connectivity index (χ3v) is 6.66. The summed E-state index contributed by atoms with van der Waals surface area (Å²) in [6, 6.07) is 17.9. The van der Waals surface area contributed by atoms with Crippen LogP contribution in [-0.4, -0.2) is 34.2 Å². The summed E-state index contributed by atoms with van der Waals surface area (Å²) in [5, 5.41) is 11.4. The first-order chi connectivity index (χ1) is 14.7. The van der Waals surface area contributed by atoms with Gasteiger partial charge in [-0.15, -0.1) is 0 Å². The summed E-state index contributed by atoms with van der Waals surface area (Å²) in [5.41, 5.74) is 5.40. The molecule has 1 aliphatic heterocycles. The summed E-state index contributed by atoms with van der Waals surface area (Å²) in [6.45, 7) is 2.91. The molecule has 30 heavy (non-hydrogen) atoms. The van der Waals surface area contributed by atoms with Crippen LogP contribution in [0, 0.1) is 5.92 Å². The van der Waals surface area contributed by atoms with Crippen molar-refractivity contribution in [2.24, 2.45) is 5.92 Å². The summed E-state index contributed by atoms with van der Waals surface area (Å²) >= 11 is 0. The van der Waals surface area contributed by atoms with E-state index in [1.165, 1.54) is 5.57 Å². The molecule has 1 amide bonds. The number of aromatic nitrogens is 1. The zero-order valence-electron chi connectivity index (χ0n) is 17.0. The summed E-state index contributed by atoms with van der Waals surface area (Å²) in [5.74, 6) is 0.274. The van der Waals surface area contributed by atoms with Crippen molar-refractivity contribution >= 4 is 17.0 Å². The van der Waals surface area contributed by atoms with Gasteiger partial charge in [-0.2, -0.15) is 0 Å². The molecule has 2 aliphatic rings. The highest BCUT2D eigenvalue weighted by molar-refractivity contribution is 5.86. The minimum absolute atomic E-state index is 0.0427. The average Bonchev–Trinajstić information content (AvgIpc) is 3.18. The second kappa shape index (κ2) is 7.65. The summed E-state index contributed by atoms with van der Waals surface area (Å²) < 4.78 is 5.69. The number of para-hydroxylation sites is 1. The number of likely N-dealkylation sites (tertiary alicyclic amines) is 1. The second-order valence-electron chi connectivity index (χ2n) is 8.18. The van der Waals surface area contributed by atoms with Crippen LogP contribution in [0.15, 0.2) is 66.2 Å². The van der Waals surface area contributed by atoms with Crippen LogP contribution in [0.1, 0.15) is 42.1 Å². The highest BCUT2D eigenvalue weighted by Crippen LogP contribution is 2.52. The van der Waals surface area contributed by atoms with E-state index in [9.17, 15) is 9.90 Å². The van der Waals surface area contributed by atoms with E-state index in [2.05, 4.69) is 23.2 Å². The molecule has 0 spiro atoms. The molecule has 3 aromatic rings. The average molecular weight is 402 g/mol. The molecule has 2 aromatic carbocycles. The number of aliphatic hydroxyl groups excluding tert-OH is 1. The standard InChI is InChI=1S/C25H26N2O3/c1-2-17-13-27(25(29)30-15-16-8-4-3-5-9-16)22-12-19(17)20(14-28)23-18-10-6-7-11-21(18)26-24(22)23/h2-11,19-20,22,26,28H,12-15H2,1H3/b17-2-/t19-,20+,22-/m0/s1. The molecule has 2 bridgehead atoms. The number of benzene rings is 2. The van der Waals surface area contributed by atoms with Crippen LogP contribution in [0.5, 0.6) is 0 Å². The Bertz CT molecular complexity index is 1100. The maximum atomic E-state index is 13.1. The monoisotopic (exact) mass is 402 g/mol. The van der Waals surface area contributed by atoms with Crippen molar-refractivity contribution in [3.8, 4) is 0 Å². The van der Waals surface area contributed by atoms with Crippen LogP contribution < -0.4 is 0 Å². The highest BCUT2D eigenvalue weighted by Gasteiger charge is 2.46. The van der Waals surface area contributed by atoms with Gasteiger partial charge >= 0.3 is 6.09 Å². The molecule has 154 valence electrons. The minimum Gasteiger partial charge on any atom is -0.445 e. The quantitative estimate of drug-likeness (QED) is 0.612. The van der Waals surface area contributed by atoms with Crippen molar-refractivity contribution in [1.82, 2.24) is 9.88 Å². The molecule has 1 aliphatic carbocycles. The van der Waals surface area contributed by atoms with Crippen LogP contribution in [0.2, 0.25) is 0 Å². The Kier molecular flexibility index (Phi) is 4.83. The van der Waals surface area contributed by atoms with Crippen molar-refractivity contribution in [2.45, 2.75) is 31.9 Å². The number of H-pyrrole nitrogens is 1. The molecule has 2 N–H and O–H groups in total. The van der Waals surface area contributed by atoms with E-state index in [4.69, 9.17) is 4.74 Å². The van der Waals surface area contributed by atoms with Gasteiger partial charge < -0.3 is 14.8 Å². The number of amides is 1. The van der Waals surface area contributed by atoms with Crippen molar-refractivity contribution in [1.29, 1.82) is 0 Å². The van der Waals surface area contributed by atoms with Gasteiger partial charge in [0.2, 0.25) is 0 Å². The topological polar surface area (TPSA) is 65.6 Å². The molecule has 0 unspecified atom stereocenters. The Hall–Kier alpha value is -3.05. The predicted molar refractivity (Wildman–Crippen MR) is 116 cm³/mol. The van der Waals surface area contributed by atoms with E-state index in [1.54, 1.807) is 0 Å². The number of carbonyl (C=O) groups excluding carboxylic acids is 1. The number of ether oxygens (including phenoxy) is 1. The second-order valence-corrected chi connectivity index (χ2v) is 8.18. The first-order valence-electron chi connectivity index (χ1n) is 10.5. The highest BCUT2D eigenvalue weighted by atomic mass is 16.6. The fourth-order valence-electron chi connectivity index (χ4n) is 5.21. The largest absolute Gasteiger partial charge is 0.445 e. The van der Waals surface area contributed by atoms with E-state index in [0.29, 0.717) is 6.54 Å². The lowest BCUT2D eigenvalue weighted by Gasteiger charge is -2.46. The molecule has 3 atom stereocenters. The summed E-state index contributed by atoms with van der Waals surface area (Å²) in [7, 11) is 0. The summed E-state index contributed by atoms with van der Waals surface area (Å²) in [4.78, 5) is 18.5. The smallest absolute Gasteiger partial charge is 0.410 e. The van der Waals surface area contributed by atoms with Gasteiger partial charge in [0, 0.05) is 29.1 Å². The number of fused-ring (bicyclic) bond motifs is 6. The molecule has 1 saturated heterocycles. The third-order valence-electron chi connectivity index (χ3n) is 6.66. The molecule has 1 aromatic heterocycles. The fourth-order valence-corrected chi connectivity index (χ4v) is 5.21. The number of allylic oxidation sites excluding steroid dienone is 1. The van der Waals surface area contributed by atoms with Gasteiger partial charge in [-0.3, -0.25) is 4.90 Å². The first kappa shape index (κ1) is 18.9. The molecule has 2 heterocycles. The Morgan fingerprint density at radius 1 is 1.20 bits per heavy atom. The van der Waals surface area contributed by atoms with Gasteiger partial charge in [0.15, 0.2) is 0 Å². The number of nitrogens with zero attached hydrogens (tertiary/aromatic N) is 1. The lowest BCUT2D eigenvalue weighted by molar-refractivity contribution is 0.0586. The first-order valence-corrected chi connectivity index (χ1v) is 10.5. The van der Waals surface area contributed by atoms with Crippen LogP contribution >= 0.6 is 0 Å². The fraction of sp³-hybridized carbons (Fsp3) is 0.320. The molecule has 0 radical (unpaired) electrons. The SMILES string of the molecule is C/C=C1/CN(C(=O)OCc2ccccc2)[C@H]2C[C@@H]1[C@@H](CO)c1c2[nH]c2ccccc12. The molecular weight excluding hydrogens is 376 g/mol. The van der Waals surface area contributed by atoms with Crippen LogP contribution in [0.4, 0.5) is 4.79 Å². The van der Waals surface area contributed by atoms with Crippen LogP contribution in [0.25, 0.3) is 10.9 Å². The molecule has 5 rings (SSSR count). The van der Waals surface area contributed by atoms with Gasteiger partial charge in [0.05, 0.1) is 12.6 Å². The van der Waals surface area contributed by atoms with E-state index in [-0.39, 0.29) is 37.2 Å². The van der Waals surface area contributed by atoms with E-state index < -0.39 is 0 Å². The Morgan fingerprint density at radius 2 is 1.97 bits per heavy atom. The summed E-state index contributed by atoms with van der Waals surface area (Å²) in [6.07, 6.45) is 2.60. The third kappa shape index (κ3) is 3.01. The van der Waals surface area contributed by atoms with Crippen molar-refractivity contribution in [3.63, 3.8) is 0 Å². The zero-order chi connectivity index (χ0) is 20.7. The van der Waals surface area contributed by atoms with Crippen molar-refractivity contribution in [3.05, 3.63) is 83.1 Å². The van der Waals surface area contributed by atoms with Gasteiger partial charge in [0.25, 0.3) is 0 Å². The number of carbonyl (C=O) groups is 1. The molecule has 0 saturated carbocycles. The zero-order valence-corrected chi connectivity index (χ0v) is 17.0. The maximum Gasteiger partial charge on any atom is 0.410 e. The van der Waals surface area contributed by atoms with Crippen LogP contribution in [-0.2, 0) is 11.3 Å². The molecule has 5 heteroatoms. The molecule has 5 nitrogen and oxygen atoms in total. The number of hydrogen-bond donors (Lipinski definition) is 2. The minimum atomic E-state index is -0.297. The molecular formula is C25H26N2O3. The van der Waals surface area contributed by atoms with E-state index in [0.717, 1.165) is 34.1 Å². The Morgan fingerprint density at radius 3 is 2.73 bits per heavy atom. The molecule has 1 fully saturated rings. The van der Waals surface area contributed by atoms with E-state index >= 15 is 0 Å². The number of piperidine rings is 1. The van der Waals surface area contributed by atoms with Crippen molar-refractivity contribution in [2.75, 3.05) is 13.2 Å². The number of hydrogen-bond acceptors (Lipinski definition) is 3. The lowest BCUT2D eigenvalue weighted by atomic mass is 9.69. The van der Waals surface area contributed by atoms with Crippen LogP contribution in [0.3, 0.4) is 0 Å². The number of rotatable bonds is 3. The Balaban J connectivity index is 1.52. The normalized spacial score (nSPS) is 24.1. The van der Waals surface area contributed by atoms with Gasteiger partial charge in [-0.05, 0) is 36.5 Å². The Labute approximate surface area is 176 Å². The van der Waals surface area contributed by atoms with Gasteiger partial charge in [-0.25, -0.2) is 4.79 Å². The number of aliphatic hydroxyl groups is 1. The number of nitrogens with one attached hydrogen (secondary N) is 1. The lowest BCUT2D eigenvalue weighted by Crippen LogP contribution is -2.47. The predicted octanol–water partition coefficient (Wildman–Crippen LogP) is 4.90. The maximum absolute atomic E-state index is 13.1.